The Morgan fingerprint density at radius 3 is 2.05 bits per heavy atom. The molecule has 1 atom stereocenters. The van der Waals surface area contributed by atoms with E-state index in [2.05, 4.69) is 31.2 Å². The van der Waals surface area contributed by atoms with Gasteiger partial charge in [0.15, 0.2) is 0 Å². The molecule has 0 radical (unpaired) electrons. The Bertz CT molecular complexity index is 398. The molecular weight excluding hydrogens is 274 g/mol. The number of aryl methyl sites for hydroxylation is 1. The molecule has 3 nitrogen and oxygen atoms in total. The van der Waals surface area contributed by atoms with Crippen molar-refractivity contribution in [3.8, 4) is 0 Å². The number of nitrogens with two attached hydrogens (primary N) is 1. The van der Waals surface area contributed by atoms with Gasteiger partial charge >= 0.3 is 0 Å². The Kier molecular flexibility index (Phi) is 8.69. The van der Waals surface area contributed by atoms with Crippen molar-refractivity contribution in [2.24, 2.45) is 5.73 Å². The van der Waals surface area contributed by atoms with Crippen molar-refractivity contribution < 1.29 is 10.2 Å². The lowest BCUT2D eigenvalue weighted by Crippen LogP contribution is -2.51. The maximum absolute atomic E-state index is 9.39. The van der Waals surface area contributed by atoms with E-state index in [0.717, 1.165) is 12.0 Å². The van der Waals surface area contributed by atoms with E-state index in [9.17, 15) is 10.2 Å². The van der Waals surface area contributed by atoms with E-state index in [4.69, 9.17) is 5.73 Å². The molecule has 0 aliphatic rings. The molecule has 0 fully saturated rings. The highest BCUT2D eigenvalue weighted by Crippen LogP contribution is 2.26. The van der Waals surface area contributed by atoms with Gasteiger partial charge in [-0.1, -0.05) is 70.2 Å². The third kappa shape index (κ3) is 5.71. The minimum Gasteiger partial charge on any atom is -0.394 e. The van der Waals surface area contributed by atoms with Crippen LogP contribution in [0.2, 0.25) is 0 Å². The smallest absolute Gasteiger partial charge is 0.0689 e. The van der Waals surface area contributed by atoms with Gasteiger partial charge in [-0.05, 0) is 24.0 Å². The Morgan fingerprint density at radius 2 is 1.50 bits per heavy atom. The van der Waals surface area contributed by atoms with Crippen molar-refractivity contribution in [2.75, 3.05) is 13.2 Å². The van der Waals surface area contributed by atoms with E-state index in [1.54, 1.807) is 0 Å². The molecule has 0 spiro atoms. The van der Waals surface area contributed by atoms with Gasteiger partial charge in [-0.2, -0.15) is 0 Å². The molecule has 1 aromatic carbocycles. The Hall–Kier alpha value is -0.900. The fourth-order valence-electron chi connectivity index (χ4n) is 2.74. The SMILES string of the molecule is CCCCCCCCc1ccc(C(C)C(N)(CO)CO)cc1. The summed E-state index contributed by atoms with van der Waals surface area (Å²) in [5.41, 5.74) is 7.51. The second-order valence-corrected chi connectivity index (χ2v) is 6.53. The predicted molar refractivity (Wildman–Crippen MR) is 93.0 cm³/mol. The number of benzene rings is 1. The lowest BCUT2D eigenvalue weighted by atomic mass is 9.82. The monoisotopic (exact) mass is 307 g/mol. The average molecular weight is 307 g/mol. The number of aliphatic hydroxyl groups excluding tert-OH is 2. The van der Waals surface area contributed by atoms with Crippen molar-refractivity contribution in [3.05, 3.63) is 35.4 Å². The molecule has 4 N–H and O–H groups in total. The van der Waals surface area contributed by atoms with E-state index < -0.39 is 5.54 Å². The molecule has 0 aromatic heterocycles. The van der Waals surface area contributed by atoms with Gasteiger partial charge in [0.2, 0.25) is 0 Å². The van der Waals surface area contributed by atoms with Gasteiger partial charge in [0.05, 0.1) is 18.8 Å². The fraction of sp³-hybridized carbons (Fsp3) is 0.684. The number of aliphatic hydroxyl groups is 2. The third-order valence-corrected chi connectivity index (χ3v) is 4.75. The van der Waals surface area contributed by atoms with Crippen molar-refractivity contribution in [1.29, 1.82) is 0 Å². The number of unbranched alkanes of at least 4 members (excludes halogenated alkanes) is 5. The normalized spacial score (nSPS) is 13.3. The maximum atomic E-state index is 9.39. The Morgan fingerprint density at radius 1 is 0.955 bits per heavy atom. The summed E-state index contributed by atoms with van der Waals surface area (Å²) in [4.78, 5) is 0. The molecule has 0 heterocycles. The number of rotatable bonds is 11. The van der Waals surface area contributed by atoms with Crippen molar-refractivity contribution >= 4 is 0 Å². The first-order chi connectivity index (χ1) is 10.6. The standard InChI is InChI=1S/C19H33NO2/c1-3-4-5-6-7-8-9-17-10-12-18(13-11-17)16(2)19(20,14-21)15-22/h10-13,16,21-22H,3-9,14-15,20H2,1-2H3. The molecule has 1 unspecified atom stereocenters. The fourth-order valence-corrected chi connectivity index (χ4v) is 2.74. The third-order valence-electron chi connectivity index (χ3n) is 4.75. The lowest BCUT2D eigenvalue weighted by Gasteiger charge is -2.32. The molecule has 0 bridgehead atoms. The minimum atomic E-state index is -0.958. The van der Waals surface area contributed by atoms with E-state index in [-0.39, 0.29) is 19.1 Å². The van der Waals surface area contributed by atoms with E-state index in [1.807, 2.05) is 6.92 Å². The summed E-state index contributed by atoms with van der Waals surface area (Å²) in [6, 6.07) is 8.44. The van der Waals surface area contributed by atoms with Crippen LogP contribution in [0.15, 0.2) is 24.3 Å². The first kappa shape index (κ1) is 19.1. The van der Waals surface area contributed by atoms with Crippen LogP contribution in [0, 0.1) is 0 Å². The molecule has 0 saturated carbocycles. The van der Waals surface area contributed by atoms with Crippen LogP contribution in [0.25, 0.3) is 0 Å². The maximum Gasteiger partial charge on any atom is 0.0689 e. The van der Waals surface area contributed by atoms with Gasteiger partial charge in [0.1, 0.15) is 0 Å². The second-order valence-electron chi connectivity index (χ2n) is 6.53. The predicted octanol–water partition coefficient (Wildman–Crippen LogP) is 3.38. The van der Waals surface area contributed by atoms with Crippen molar-refractivity contribution in [3.63, 3.8) is 0 Å². The van der Waals surface area contributed by atoms with Crippen molar-refractivity contribution in [1.82, 2.24) is 0 Å². The van der Waals surface area contributed by atoms with Crippen LogP contribution in [-0.4, -0.2) is 29.0 Å². The van der Waals surface area contributed by atoms with E-state index in [0.29, 0.717) is 0 Å². The summed E-state index contributed by atoms with van der Waals surface area (Å²) >= 11 is 0. The Balaban J connectivity index is 2.46. The number of hydrogen-bond donors (Lipinski definition) is 3. The molecule has 1 aromatic rings. The summed E-state index contributed by atoms with van der Waals surface area (Å²) in [5.74, 6) is -0.0782. The summed E-state index contributed by atoms with van der Waals surface area (Å²) in [5, 5.41) is 18.8. The Labute approximate surface area is 135 Å². The van der Waals surface area contributed by atoms with Crippen LogP contribution in [0.4, 0.5) is 0 Å². The van der Waals surface area contributed by atoms with Gasteiger partial charge in [-0.15, -0.1) is 0 Å². The average Bonchev–Trinajstić information content (AvgIpc) is 2.57. The molecule has 126 valence electrons. The highest BCUT2D eigenvalue weighted by Gasteiger charge is 2.31. The molecular formula is C19H33NO2. The second kappa shape index (κ2) is 9.98. The highest BCUT2D eigenvalue weighted by molar-refractivity contribution is 5.28. The highest BCUT2D eigenvalue weighted by atomic mass is 16.3. The minimum absolute atomic E-state index is 0.0782. The van der Waals surface area contributed by atoms with Gasteiger partial charge in [-0.3, -0.25) is 0 Å². The summed E-state index contributed by atoms with van der Waals surface area (Å²) in [7, 11) is 0. The van der Waals surface area contributed by atoms with Gasteiger partial charge in [0.25, 0.3) is 0 Å². The van der Waals surface area contributed by atoms with Crippen molar-refractivity contribution in [2.45, 2.75) is 70.3 Å². The van der Waals surface area contributed by atoms with Gasteiger partial charge < -0.3 is 15.9 Å². The van der Waals surface area contributed by atoms with Gasteiger partial charge in [0, 0.05) is 5.92 Å². The van der Waals surface area contributed by atoms with Crippen LogP contribution in [0.5, 0.6) is 0 Å². The van der Waals surface area contributed by atoms with Crippen LogP contribution in [-0.2, 0) is 6.42 Å². The first-order valence-electron chi connectivity index (χ1n) is 8.66. The molecule has 0 amide bonds. The van der Waals surface area contributed by atoms with Crippen LogP contribution in [0.1, 0.15) is 69.4 Å². The molecule has 1 rings (SSSR count). The topological polar surface area (TPSA) is 66.5 Å². The van der Waals surface area contributed by atoms with Gasteiger partial charge in [-0.25, -0.2) is 0 Å². The van der Waals surface area contributed by atoms with Crippen LogP contribution >= 0.6 is 0 Å². The molecule has 3 heteroatoms. The number of hydrogen-bond acceptors (Lipinski definition) is 3. The summed E-state index contributed by atoms with van der Waals surface area (Å²) in [6.45, 7) is 3.76. The first-order valence-corrected chi connectivity index (χ1v) is 8.66. The quantitative estimate of drug-likeness (QED) is 0.549. The van der Waals surface area contributed by atoms with Crippen LogP contribution in [0.3, 0.4) is 0 Å². The molecule has 0 aliphatic heterocycles. The molecule has 0 aliphatic carbocycles. The summed E-state index contributed by atoms with van der Waals surface area (Å²) < 4.78 is 0. The zero-order chi connectivity index (χ0) is 16.4. The largest absolute Gasteiger partial charge is 0.394 e. The van der Waals surface area contributed by atoms with Crippen LogP contribution < -0.4 is 5.73 Å². The zero-order valence-corrected chi connectivity index (χ0v) is 14.2. The molecule has 22 heavy (non-hydrogen) atoms. The van der Waals surface area contributed by atoms with E-state index in [1.165, 1.54) is 44.1 Å². The van der Waals surface area contributed by atoms with E-state index >= 15 is 0 Å². The lowest BCUT2D eigenvalue weighted by molar-refractivity contribution is 0.104. The molecule has 0 saturated heterocycles. The summed E-state index contributed by atoms with van der Waals surface area (Å²) in [6.07, 6.45) is 9.01. The zero-order valence-electron chi connectivity index (χ0n) is 14.2.